The number of halogens is 2. The molecule has 43 heavy (non-hydrogen) atoms. The second kappa shape index (κ2) is 17.5. The molecule has 0 aliphatic carbocycles. The van der Waals surface area contributed by atoms with Gasteiger partial charge in [-0.15, -0.1) is 0 Å². The van der Waals surface area contributed by atoms with Crippen molar-refractivity contribution in [1.29, 1.82) is 0 Å². The summed E-state index contributed by atoms with van der Waals surface area (Å²) < 4.78 is 5.70. The number of hydrogen-bond donors (Lipinski definition) is 3. The van der Waals surface area contributed by atoms with Crippen molar-refractivity contribution >= 4 is 29.3 Å². The maximum absolute atomic E-state index is 12.6. The SMILES string of the molecule is C=C/C=C\C(=C)C(=C)/C(=C\C=C)NC(=O)OC1CCN(CCc2ccc(CCNCc3ccc(Cl)c(O)c3Cl)cc2)CC1. The van der Waals surface area contributed by atoms with E-state index >= 15 is 0 Å². The second-order valence-electron chi connectivity index (χ2n) is 10.3. The molecule has 228 valence electrons. The Labute approximate surface area is 265 Å². The van der Waals surface area contributed by atoms with Crippen molar-refractivity contribution < 1.29 is 14.6 Å². The fraction of sp³-hybridized carbons (Fsp3) is 0.286. The molecule has 1 heterocycles. The number of benzene rings is 2. The van der Waals surface area contributed by atoms with Gasteiger partial charge in [0.1, 0.15) is 6.10 Å². The lowest BCUT2D eigenvalue weighted by molar-refractivity contribution is 0.0527. The van der Waals surface area contributed by atoms with Crippen LogP contribution in [0.5, 0.6) is 5.75 Å². The van der Waals surface area contributed by atoms with Crippen molar-refractivity contribution in [2.45, 2.75) is 38.3 Å². The number of likely N-dealkylation sites (tertiary alicyclic amines) is 1. The molecule has 0 bridgehead atoms. The van der Waals surface area contributed by atoms with E-state index in [0.717, 1.165) is 57.4 Å². The number of nitrogens with zero attached hydrogens (tertiary/aromatic N) is 1. The molecule has 0 saturated carbocycles. The minimum Gasteiger partial charge on any atom is -0.505 e. The number of ether oxygens (including phenoxy) is 1. The molecule has 3 N–H and O–H groups in total. The number of alkyl carbamates (subject to hydrolysis) is 1. The Morgan fingerprint density at radius 1 is 1.02 bits per heavy atom. The molecular formula is C35H41Cl2N3O3. The Morgan fingerprint density at radius 3 is 2.35 bits per heavy atom. The van der Waals surface area contributed by atoms with E-state index in [4.69, 9.17) is 27.9 Å². The number of aromatic hydroxyl groups is 1. The summed E-state index contributed by atoms with van der Waals surface area (Å²) in [6, 6.07) is 12.2. The van der Waals surface area contributed by atoms with Crippen molar-refractivity contribution in [2.24, 2.45) is 0 Å². The number of piperidine rings is 1. The molecule has 3 rings (SSSR count). The summed E-state index contributed by atoms with van der Waals surface area (Å²) in [5, 5.41) is 16.6. The van der Waals surface area contributed by atoms with E-state index in [-0.39, 0.29) is 16.9 Å². The molecular weight excluding hydrogens is 581 g/mol. The predicted molar refractivity (Wildman–Crippen MR) is 179 cm³/mol. The Kier molecular flexibility index (Phi) is 13.8. The number of amides is 1. The van der Waals surface area contributed by atoms with E-state index in [1.165, 1.54) is 11.1 Å². The summed E-state index contributed by atoms with van der Waals surface area (Å²) in [6.07, 6.45) is 11.2. The Balaban J connectivity index is 1.35. The van der Waals surface area contributed by atoms with Gasteiger partial charge in [-0.1, -0.05) is 104 Å². The fourth-order valence-corrected chi connectivity index (χ4v) is 5.11. The second-order valence-corrected chi connectivity index (χ2v) is 11.1. The van der Waals surface area contributed by atoms with E-state index in [2.05, 4.69) is 66.1 Å². The monoisotopic (exact) mass is 621 g/mol. The summed E-state index contributed by atoms with van der Waals surface area (Å²) >= 11 is 12.1. The van der Waals surface area contributed by atoms with Gasteiger partial charge in [-0.2, -0.15) is 0 Å². The fourth-order valence-electron chi connectivity index (χ4n) is 4.67. The number of carbonyl (C=O) groups excluding carboxylic acids is 1. The molecule has 1 amide bonds. The van der Waals surface area contributed by atoms with Crippen LogP contribution in [0.15, 0.2) is 110 Å². The zero-order valence-corrected chi connectivity index (χ0v) is 26.1. The lowest BCUT2D eigenvalue weighted by atomic mass is 10.0. The van der Waals surface area contributed by atoms with Gasteiger partial charge in [0.25, 0.3) is 0 Å². The van der Waals surface area contributed by atoms with Crippen molar-refractivity contribution in [3.8, 4) is 5.75 Å². The minimum atomic E-state index is -0.503. The van der Waals surface area contributed by atoms with E-state index in [0.29, 0.717) is 28.4 Å². The lowest BCUT2D eigenvalue weighted by Gasteiger charge is -2.31. The maximum Gasteiger partial charge on any atom is 0.411 e. The molecule has 0 unspecified atom stereocenters. The molecule has 8 heteroatoms. The summed E-state index contributed by atoms with van der Waals surface area (Å²) in [4.78, 5) is 15.0. The molecule has 0 atom stereocenters. The van der Waals surface area contributed by atoms with Gasteiger partial charge in [-0.05, 0) is 72.2 Å². The van der Waals surface area contributed by atoms with Gasteiger partial charge in [-0.3, -0.25) is 5.32 Å². The molecule has 6 nitrogen and oxygen atoms in total. The van der Waals surface area contributed by atoms with Gasteiger partial charge >= 0.3 is 6.09 Å². The van der Waals surface area contributed by atoms with Gasteiger partial charge in [0.15, 0.2) is 5.75 Å². The summed E-state index contributed by atoms with van der Waals surface area (Å²) in [6.45, 7) is 19.4. The van der Waals surface area contributed by atoms with E-state index in [1.807, 2.05) is 6.07 Å². The predicted octanol–water partition coefficient (Wildman–Crippen LogP) is 7.69. The van der Waals surface area contributed by atoms with Crippen molar-refractivity contribution in [1.82, 2.24) is 15.5 Å². The van der Waals surface area contributed by atoms with Crippen LogP contribution in [0.2, 0.25) is 10.0 Å². The smallest absolute Gasteiger partial charge is 0.411 e. The van der Waals surface area contributed by atoms with Crippen LogP contribution in [-0.4, -0.2) is 48.4 Å². The zero-order valence-electron chi connectivity index (χ0n) is 24.6. The van der Waals surface area contributed by atoms with E-state index in [1.54, 1.807) is 36.4 Å². The summed E-state index contributed by atoms with van der Waals surface area (Å²) in [5.41, 5.74) is 5.10. The van der Waals surface area contributed by atoms with E-state index < -0.39 is 6.09 Å². The Bertz CT molecular complexity index is 1360. The zero-order chi connectivity index (χ0) is 31.2. The molecule has 2 aromatic carbocycles. The van der Waals surface area contributed by atoms with Gasteiger partial charge in [0.05, 0.1) is 15.7 Å². The third-order valence-corrected chi connectivity index (χ3v) is 8.00. The van der Waals surface area contributed by atoms with Crippen LogP contribution in [0.3, 0.4) is 0 Å². The number of phenols is 1. The van der Waals surface area contributed by atoms with Crippen molar-refractivity contribution in [3.05, 3.63) is 137 Å². The molecule has 0 aromatic heterocycles. The first kappa shape index (κ1) is 33.9. The molecule has 1 saturated heterocycles. The third-order valence-electron chi connectivity index (χ3n) is 7.27. The lowest BCUT2D eigenvalue weighted by Crippen LogP contribution is -2.40. The standard InChI is InChI=1S/C35H41Cl2N3O3/c1-5-7-9-25(3)26(4)32(8-6-2)39-35(42)43-30-18-22-40(23-19-30)21-17-28-12-10-27(11-13-28)16-20-38-24-29-14-15-31(36)34(41)33(29)37/h5-15,30,38,41H,1-4,16-24H2,(H,39,42)/b9-7-,32-8+. The highest BCUT2D eigenvalue weighted by atomic mass is 35.5. The molecule has 1 aliphatic rings. The van der Waals surface area contributed by atoms with Crippen LogP contribution in [0, 0.1) is 0 Å². The number of allylic oxidation sites excluding steroid dienone is 6. The minimum absolute atomic E-state index is 0.0761. The average Bonchev–Trinajstić information content (AvgIpc) is 3.01. The Morgan fingerprint density at radius 2 is 1.70 bits per heavy atom. The van der Waals surface area contributed by atoms with Crippen LogP contribution >= 0.6 is 23.2 Å². The molecule has 2 aromatic rings. The average molecular weight is 623 g/mol. The topological polar surface area (TPSA) is 73.8 Å². The number of hydrogen-bond acceptors (Lipinski definition) is 5. The van der Waals surface area contributed by atoms with Crippen molar-refractivity contribution in [2.75, 3.05) is 26.2 Å². The molecule has 1 fully saturated rings. The quantitative estimate of drug-likeness (QED) is 0.140. The summed E-state index contributed by atoms with van der Waals surface area (Å²) in [5.74, 6) is -0.0761. The maximum atomic E-state index is 12.6. The highest BCUT2D eigenvalue weighted by Crippen LogP contribution is 2.34. The van der Waals surface area contributed by atoms with Gasteiger partial charge in [-0.25, -0.2) is 4.79 Å². The van der Waals surface area contributed by atoms with E-state index in [9.17, 15) is 9.90 Å². The molecule has 0 spiro atoms. The first-order chi connectivity index (χ1) is 20.7. The summed E-state index contributed by atoms with van der Waals surface area (Å²) in [7, 11) is 0. The first-order valence-electron chi connectivity index (χ1n) is 14.4. The van der Waals surface area contributed by atoms with Gasteiger partial charge in [0.2, 0.25) is 0 Å². The van der Waals surface area contributed by atoms with Crippen LogP contribution in [-0.2, 0) is 24.1 Å². The highest BCUT2D eigenvalue weighted by molar-refractivity contribution is 6.37. The molecule has 1 aliphatic heterocycles. The number of carbonyl (C=O) groups is 1. The normalized spacial score (nSPS) is 14.4. The highest BCUT2D eigenvalue weighted by Gasteiger charge is 2.23. The first-order valence-corrected chi connectivity index (χ1v) is 15.1. The number of rotatable bonds is 15. The van der Waals surface area contributed by atoms with Crippen LogP contribution in [0.25, 0.3) is 0 Å². The van der Waals surface area contributed by atoms with Crippen molar-refractivity contribution in [3.63, 3.8) is 0 Å². The van der Waals surface area contributed by atoms with Gasteiger partial charge < -0.3 is 20.1 Å². The van der Waals surface area contributed by atoms with Gasteiger partial charge in [0, 0.05) is 26.2 Å². The number of nitrogens with one attached hydrogen (secondary N) is 2. The number of phenolic OH excluding ortho intramolecular Hbond substituents is 1. The molecule has 0 radical (unpaired) electrons. The van der Waals surface area contributed by atoms with Crippen LogP contribution in [0.4, 0.5) is 4.79 Å². The van der Waals surface area contributed by atoms with Crippen LogP contribution < -0.4 is 10.6 Å². The Hall–Kier alpha value is -3.55. The van der Waals surface area contributed by atoms with Crippen LogP contribution in [0.1, 0.15) is 29.5 Å². The third kappa shape index (κ3) is 10.9. The largest absolute Gasteiger partial charge is 0.505 e.